The predicted molar refractivity (Wildman–Crippen MR) is 69.5 cm³/mol. The fourth-order valence-corrected chi connectivity index (χ4v) is 2.60. The number of hydrogen-bond donors (Lipinski definition) is 3. The number of nitrogens with zero attached hydrogens (tertiary/aromatic N) is 1. The molecule has 7 heteroatoms. The van der Waals surface area contributed by atoms with Gasteiger partial charge in [-0.15, -0.1) is 0 Å². The molecule has 0 saturated carbocycles. The number of piperidine rings is 1. The lowest BCUT2D eigenvalue weighted by molar-refractivity contribution is -0.147. The lowest BCUT2D eigenvalue weighted by Gasteiger charge is -2.35. The number of amides is 3. The van der Waals surface area contributed by atoms with Crippen molar-refractivity contribution in [2.75, 3.05) is 39.3 Å². The highest BCUT2D eigenvalue weighted by Gasteiger charge is 2.30. The summed E-state index contributed by atoms with van der Waals surface area (Å²) in [6, 6.07) is -0.511. The molecule has 2 fully saturated rings. The normalized spacial score (nSPS) is 27.9. The molecule has 0 bridgehead atoms. The molecule has 7 nitrogen and oxygen atoms in total. The van der Waals surface area contributed by atoms with Gasteiger partial charge < -0.3 is 26.0 Å². The van der Waals surface area contributed by atoms with Crippen LogP contribution >= 0.6 is 0 Å². The summed E-state index contributed by atoms with van der Waals surface area (Å²) in [6.45, 7) is 3.93. The fourth-order valence-electron chi connectivity index (χ4n) is 2.60. The van der Waals surface area contributed by atoms with Crippen LogP contribution < -0.4 is 16.4 Å². The first kappa shape index (κ1) is 14.1. The van der Waals surface area contributed by atoms with Crippen molar-refractivity contribution < 1.29 is 14.3 Å². The van der Waals surface area contributed by atoms with Gasteiger partial charge in [0.15, 0.2) is 0 Å². The Bertz CT molecular complexity index is 331. The molecule has 2 aliphatic rings. The topological polar surface area (TPSA) is 96.7 Å². The Morgan fingerprint density at radius 1 is 1.47 bits per heavy atom. The summed E-state index contributed by atoms with van der Waals surface area (Å²) in [5, 5.41) is 5.77. The van der Waals surface area contributed by atoms with Crippen molar-refractivity contribution in [2.24, 2.45) is 11.7 Å². The molecule has 0 spiro atoms. The summed E-state index contributed by atoms with van der Waals surface area (Å²) in [5.41, 5.74) is 5.06. The van der Waals surface area contributed by atoms with Gasteiger partial charge in [0.05, 0.1) is 6.61 Å². The average Bonchev–Trinajstić information content (AvgIpc) is 2.45. The summed E-state index contributed by atoms with van der Waals surface area (Å²) < 4.78 is 5.48. The highest BCUT2D eigenvalue weighted by Crippen LogP contribution is 2.17. The quantitative estimate of drug-likeness (QED) is 0.605. The Kier molecular flexibility index (Phi) is 4.98. The molecule has 0 aliphatic carbocycles. The smallest absolute Gasteiger partial charge is 0.312 e. The number of hydrogen-bond acceptors (Lipinski definition) is 4. The van der Waals surface area contributed by atoms with E-state index in [0.717, 1.165) is 25.9 Å². The van der Waals surface area contributed by atoms with E-state index in [9.17, 15) is 9.59 Å². The van der Waals surface area contributed by atoms with E-state index < -0.39 is 6.03 Å². The van der Waals surface area contributed by atoms with Gasteiger partial charge >= 0.3 is 6.03 Å². The van der Waals surface area contributed by atoms with E-state index in [1.807, 2.05) is 4.90 Å². The second kappa shape index (κ2) is 6.72. The number of nitrogens with two attached hydrogens (primary N) is 1. The van der Waals surface area contributed by atoms with Crippen molar-refractivity contribution in [1.82, 2.24) is 15.5 Å². The van der Waals surface area contributed by atoms with E-state index in [2.05, 4.69) is 10.6 Å². The second-order valence-electron chi connectivity index (χ2n) is 5.10. The van der Waals surface area contributed by atoms with Crippen LogP contribution in [0.5, 0.6) is 0 Å². The first-order valence-electron chi connectivity index (χ1n) is 6.81. The minimum absolute atomic E-state index is 0.0518. The third-order valence-electron chi connectivity index (χ3n) is 3.60. The number of urea groups is 1. The highest BCUT2D eigenvalue weighted by atomic mass is 16.5. The molecule has 3 amide bonds. The molecular formula is C12H22N4O3. The zero-order valence-corrected chi connectivity index (χ0v) is 11.1. The molecule has 2 rings (SSSR count). The number of carbonyl (C=O) groups excluding carboxylic acids is 2. The van der Waals surface area contributed by atoms with Crippen LogP contribution in [0.2, 0.25) is 0 Å². The van der Waals surface area contributed by atoms with Gasteiger partial charge in [0.2, 0.25) is 0 Å². The lowest BCUT2D eigenvalue weighted by atomic mass is 9.97. The van der Waals surface area contributed by atoms with Crippen molar-refractivity contribution in [3.05, 3.63) is 0 Å². The van der Waals surface area contributed by atoms with Gasteiger partial charge in [0, 0.05) is 32.7 Å². The third-order valence-corrected chi connectivity index (χ3v) is 3.60. The van der Waals surface area contributed by atoms with Gasteiger partial charge in [0.25, 0.3) is 5.91 Å². The summed E-state index contributed by atoms with van der Waals surface area (Å²) in [7, 11) is 0. The van der Waals surface area contributed by atoms with Gasteiger partial charge in [0.1, 0.15) is 6.10 Å². The van der Waals surface area contributed by atoms with Gasteiger partial charge in [-0.05, 0) is 18.8 Å². The molecule has 2 heterocycles. The van der Waals surface area contributed by atoms with Crippen LogP contribution in [-0.4, -0.2) is 62.3 Å². The third kappa shape index (κ3) is 4.07. The zero-order valence-electron chi connectivity index (χ0n) is 11.1. The molecule has 0 aromatic rings. The molecule has 0 radical (unpaired) electrons. The van der Waals surface area contributed by atoms with Crippen molar-refractivity contribution in [3.63, 3.8) is 0 Å². The summed E-state index contributed by atoms with van der Waals surface area (Å²) in [4.78, 5) is 24.8. The van der Waals surface area contributed by atoms with Crippen LogP contribution in [0.4, 0.5) is 4.79 Å². The first-order chi connectivity index (χ1) is 9.16. The lowest BCUT2D eigenvalue weighted by Crippen LogP contribution is -2.52. The minimum Gasteiger partial charge on any atom is -0.366 e. The minimum atomic E-state index is -0.511. The number of likely N-dealkylation sites (tertiary alicyclic amines) is 1. The molecule has 2 atom stereocenters. The molecule has 108 valence electrons. The molecule has 2 aliphatic heterocycles. The van der Waals surface area contributed by atoms with Gasteiger partial charge in [-0.2, -0.15) is 0 Å². The molecule has 19 heavy (non-hydrogen) atoms. The van der Waals surface area contributed by atoms with Crippen molar-refractivity contribution in [2.45, 2.75) is 18.9 Å². The Labute approximate surface area is 112 Å². The maximum absolute atomic E-state index is 12.3. The van der Waals surface area contributed by atoms with E-state index in [4.69, 9.17) is 10.5 Å². The molecule has 2 saturated heterocycles. The highest BCUT2D eigenvalue weighted by molar-refractivity contribution is 5.81. The molecular weight excluding hydrogens is 248 g/mol. The number of rotatable bonds is 3. The maximum atomic E-state index is 12.3. The van der Waals surface area contributed by atoms with Crippen LogP contribution in [0.3, 0.4) is 0 Å². The number of nitrogens with one attached hydrogen (secondary N) is 2. The molecule has 0 aromatic heterocycles. The Hall–Kier alpha value is -1.34. The van der Waals surface area contributed by atoms with Crippen LogP contribution in [0.1, 0.15) is 12.8 Å². The van der Waals surface area contributed by atoms with Crippen LogP contribution in [-0.2, 0) is 9.53 Å². The van der Waals surface area contributed by atoms with Crippen molar-refractivity contribution in [3.8, 4) is 0 Å². The second-order valence-corrected chi connectivity index (χ2v) is 5.10. The molecule has 4 N–H and O–H groups in total. The van der Waals surface area contributed by atoms with E-state index in [1.165, 1.54) is 0 Å². The monoisotopic (exact) mass is 270 g/mol. The summed E-state index contributed by atoms with van der Waals surface area (Å²) >= 11 is 0. The van der Waals surface area contributed by atoms with E-state index in [1.54, 1.807) is 0 Å². The molecule has 0 aromatic carbocycles. The number of ether oxygens (including phenoxy) is 1. The van der Waals surface area contributed by atoms with Gasteiger partial charge in [-0.1, -0.05) is 0 Å². The van der Waals surface area contributed by atoms with Gasteiger partial charge in [-0.25, -0.2) is 4.79 Å². The van der Waals surface area contributed by atoms with E-state index in [0.29, 0.717) is 26.2 Å². The first-order valence-corrected chi connectivity index (χ1v) is 6.81. The fraction of sp³-hybridized carbons (Fsp3) is 0.833. The molecule has 2 unspecified atom stereocenters. The predicted octanol–water partition coefficient (Wildman–Crippen LogP) is -1.12. The Morgan fingerprint density at radius 3 is 3.00 bits per heavy atom. The summed E-state index contributed by atoms with van der Waals surface area (Å²) in [6.07, 6.45) is 1.60. The largest absolute Gasteiger partial charge is 0.366 e. The van der Waals surface area contributed by atoms with Gasteiger partial charge in [-0.3, -0.25) is 4.79 Å². The van der Waals surface area contributed by atoms with Crippen molar-refractivity contribution >= 4 is 11.9 Å². The zero-order chi connectivity index (χ0) is 13.7. The number of carbonyl (C=O) groups is 2. The average molecular weight is 270 g/mol. The van der Waals surface area contributed by atoms with Crippen molar-refractivity contribution in [1.29, 1.82) is 0 Å². The number of primary amides is 1. The Balaban J connectivity index is 1.82. The maximum Gasteiger partial charge on any atom is 0.312 e. The van der Waals surface area contributed by atoms with E-state index >= 15 is 0 Å². The Morgan fingerprint density at radius 2 is 2.32 bits per heavy atom. The number of morpholine rings is 1. The SMILES string of the molecule is NC(=O)NCC1CCCN(C(=O)C2CNCCO2)C1. The standard InChI is InChI=1S/C12H22N4O3/c13-12(18)15-6-9-2-1-4-16(8-9)11(17)10-7-14-3-5-19-10/h9-10,14H,1-8H2,(H3,13,15,18). The van der Waals surface area contributed by atoms with Crippen LogP contribution in [0.25, 0.3) is 0 Å². The van der Waals surface area contributed by atoms with Crippen LogP contribution in [0.15, 0.2) is 0 Å². The van der Waals surface area contributed by atoms with Crippen LogP contribution in [0, 0.1) is 5.92 Å². The summed E-state index contributed by atoms with van der Waals surface area (Å²) in [5.74, 6) is 0.331. The van der Waals surface area contributed by atoms with E-state index in [-0.39, 0.29) is 17.9 Å².